The standard InChI is InChI=1S/C38H35NO4/c40-36(42-28-30-16-6-1-7-17-30)27-26-35(37(41)43-29-31-18-8-2-9-19-31)39-38(32-20-10-3-11-21-32,33-22-12-4-13-23-33)34-24-14-5-15-25-34/h1-25,35,39H,26-29H2/t35-/m0/s1. The molecule has 1 atom stereocenters. The molecule has 5 nitrogen and oxygen atoms in total. The second-order valence-corrected chi connectivity index (χ2v) is 10.3. The summed E-state index contributed by atoms with van der Waals surface area (Å²) in [4.78, 5) is 26.7. The summed E-state index contributed by atoms with van der Waals surface area (Å²) in [6.45, 7) is 0.309. The van der Waals surface area contributed by atoms with E-state index in [-0.39, 0.29) is 32.0 Å². The first-order chi connectivity index (χ1) is 21.1. The molecule has 216 valence electrons. The van der Waals surface area contributed by atoms with Gasteiger partial charge in [-0.3, -0.25) is 14.9 Å². The summed E-state index contributed by atoms with van der Waals surface area (Å²) in [5.41, 5.74) is 3.76. The van der Waals surface area contributed by atoms with Gasteiger partial charge in [-0.05, 0) is 34.2 Å². The number of nitrogens with one attached hydrogen (secondary N) is 1. The van der Waals surface area contributed by atoms with Crippen molar-refractivity contribution in [3.8, 4) is 0 Å². The first kappa shape index (κ1) is 29.5. The number of rotatable bonds is 13. The highest BCUT2D eigenvalue weighted by Gasteiger charge is 2.40. The van der Waals surface area contributed by atoms with Crippen LogP contribution in [0.5, 0.6) is 0 Å². The number of benzene rings is 5. The summed E-state index contributed by atoms with van der Waals surface area (Å²) in [5.74, 6) is -0.817. The van der Waals surface area contributed by atoms with Gasteiger partial charge in [-0.2, -0.15) is 0 Å². The third-order valence-electron chi connectivity index (χ3n) is 7.40. The lowest BCUT2D eigenvalue weighted by atomic mass is 9.76. The molecular formula is C38H35NO4. The van der Waals surface area contributed by atoms with E-state index in [0.717, 1.165) is 27.8 Å². The fraction of sp³-hybridized carbons (Fsp3) is 0.158. The molecule has 0 saturated heterocycles. The van der Waals surface area contributed by atoms with Crippen molar-refractivity contribution in [2.45, 2.75) is 37.6 Å². The maximum absolute atomic E-state index is 13.8. The molecule has 0 aromatic heterocycles. The second-order valence-electron chi connectivity index (χ2n) is 10.3. The minimum absolute atomic E-state index is 0.0411. The molecule has 5 rings (SSSR count). The van der Waals surface area contributed by atoms with Crippen molar-refractivity contribution in [1.82, 2.24) is 5.32 Å². The fourth-order valence-corrected chi connectivity index (χ4v) is 5.23. The van der Waals surface area contributed by atoms with E-state index >= 15 is 0 Å². The quantitative estimate of drug-likeness (QED) is 0.120. The molecule has 1 N–H and O–H groups in total. The van der Waals surface area contributed by atoms with E-state index in [9.17, 15) is 9.59 Å². The first-order valence-corrected chi connectivity index (χ1v) is 14.5. The summed E-state index contributed by atoms with van der Waals surface area (Å²) >= 11 is 0. The van der Waals surface area contributed by atoms with E-state index in [1.54, 1.807) is 0 Å². The molecule has 0 heterocycles. The van der Waals surface area contributed by atoms with Crippen LogP contribution in [0.2, 0.25) is 0 Å². The zero-order valence-corrected chi connectivity index (χ0v) is 24.0. The molecule has 0 unspecified atom stereocenters. The van der Waals surface area contributed by atoms with Gasteiger partial charge in [-0.1, -0.05) is 152 Å². The summed E-state index contributed by atoms with van der Waals surface area (Å²) < 4.78 is 11.4. The summed E-state index contributed by atoms with van der Waals surface area (Å²) in [6, 6.07) is 48.4. The Balaban J connectivity index is 1.47. The van der Waals surface area contributed by atoms with Crippen molar-refractivity contribution in [3.63, 3.8) is 0 Å². The highest BCUT2D eigenvalue weighted by Crippen LogP contribution is 2.37. The number of hydrogen-bond donors (Lipinski definition) is 1. The van der Waals surface area contributed by atoms with Crippen LogP contribution < -0.4 is 5.32 Å². The predicted molar refractivity (Wildman–Crippen MR) is 168 cm³/mol. The largest absolute Gasteiger partial charge is 0.461 e. The molecule has 0 aliphatic rings. The number of carbonyl (C=O) groups is 2. The Hall–Kier alpha value is -5.00. The van der Waals surface area contributed by atoms with Crippen molar-refractivity contribution in [1.29, 1.82) is 0 Å². The molecule has 0 fully saturated rings. The Morgan fingerprint density at radius 3 is 1.33 bits per heavy atom. The summed E-state index contributed by atoms with van der Waals surface area (Å²) in [5, 5.41) is 3.70. The van der Waals surface area contributed by atoms with Crippen molar-refractivity contribution < 1.29 is 19.1 Å². The topological polar surface area (TPSA) is 64.6 Å². The molecule has 0 radical (unpaired) electrons. The van der Waals surface area contributed by atoms with Crippen LogP contribution >= 0.6 is 0 Å². The molecule has 0 spiro atoms. The average molecular weight is 570 g/mol. The third-order valence-corrected chi connectivity index (χ3v) is 7.40. The SMILES string of the molecule is O=C(CC[C@H](NC(c1ccccc1)(c1ccccc1)c1ccccc1)C(=O)OCc1ccccc1)OCc1ccccc1. The Labute approximate surface area is 253 Å². The molecule has 43 heavy (non-hydrogen) atoms. The predicted octanol–water partition coefficient (Wildman–Crippen LogP) is 7.20. The van der Waals surface area contributed by atoms with Crippen LogP contribution in [0.4, 0.5) is 0 Å². The van der Waals surface area contributed by atoms with Crippen LogP contribution in [-0.2, 0) is 37.8 Å². The van der Waals surface area contributed by atoms with E-state index in [2.05, 4.69) is 5.32 Å². The number of carbonyl (C=O) groups excluding carboxylic acids is 2. The van der Waals surface area contributed by atoms with Crippen LogP contribution in [0, 0.1) is 0 Å². The van der Waals surface area contributed by atoms with Crippen LogP contribution in [0.1, 0.15) is 40.7 Å². The van der Waals surface area contributed by atoms with Crippen molar-refractivity contribution >= 4 is 11.9 Å². The van der Waals surface area contributed by atoms with Gasteiger partial charge in [0.15, 0.2) is 0 Å². The van der Waals surface area contributed by atoms with E-state index in [1.807, 2.05) is 152 Å². The highest BCUT2D eigenvalue weighted by atomic mass is 16.5. The Morgan fingerprint density at radius 2 is 0.907 bits per heavy atom. The van der Waals surface area contributed by atoms with Crippen molar-refractivity contribution in [2.24, 2.45) is 0 Å². The first-order valence-electron chi connectivity index (χ1n) is 14.5. The number of esters is 2. The lowest BCUT2D eigenvalue weighted by molar-refractivity contribution is -0.149. The van der Waals surface area contributed by atoms with Gasteiger partial charge in [0.25, 0.3) is 0 Å². The van der Waals surface area contributed by atoms with Gasteiger partial charge in [0.2, 0.25) is 0 Å². The Kier molecular flexibility index (Phi) is 10.1. The molecule has 0 aliphatic carbocycles. The van der Waals surface area contributed by atoms with Gasteiger partial charge in [0.1, 0.15) is 19.3 Å². The van der Waals surface area contributed by atoms with Gasteiger partial charge in [-0.15, -0.1) is 0 Å². The maximum Gasteiger partial charge on any atom is 0.323 e. The van der Waals surface area contributed by atoms with E-state index in [0.29, 0.717) is 0 Å². The molecule has 0 bridgehead atoms. The normalized spacial score (nSPS) is 11.8. The molecule has 5 aromatic carbocycles. The molecule has 5 aromatic rings. The van der Waals surface area contributed by atoms with Crippen LogP contribution in [-0.4, -0.2) is 18.0 Å². The summed E-state index contributed by atoms with van der Waals surface area (Å²) in [6.07, 6.45) is 0.231. The maximum atomic E-state index is 13.8. The minimum Gasteiger partial charge on any atom is -0.461 e. The molecular weight excluding hydrogens is 534 g/mol. The zero-order valence-electron chi connectivity index (χ0n) is 24.0. The van der Waals surface area contributed by atoms with E-state index in [4.69, 9.17) is 9.47 Å². The Morgan fingerprint density at radius 1 is 0.535 bits per heavy atom. The van der Waals surface area contributed by atoms with Crippen molar-refractivity contribution in [2.75, 3.05) is 0 Å². The van der Waals surface area contributed by atoms with Crippen LogP contribution in [0.3, 0.4) is 0 Å². The molecule has 0 aliphatic heterocycles. The molecule has 5 heteroatoms. The lowest BCUT2D eigenvalue weighted by Gasteiger charge is -2.39. The van der Waals surface area contributed by atoms with Gasteiger partial charge >= 0.3 is 11.9 Å². The lowest BCUT2D eigenvalue weighted by Crippen LogP contribution is -2.53. The van der Waals surface area contributed by atoms with Gasteiger partial charge < -0.3 is 9.47 Å². The Bertz CT molecular complexity index is 1460. The highest BCUT2D eigenvalue weighted by molar-refractivity contribution is 5.78. The molecule has 0 amide bonds. The second kappa shape index (κ2) is 14.8. The average Bonchev–Trinajstić information content (AvgIpc) is 3.08. The van der Waals surface area contributed by atoms with Gasteiger partial charge in [0.05, 0.1) is 5.54 Å². The summed E-state index contributed by atoms with van der Waals surface area (Å²) in [7, 11) is 0. The zero-order chi connectivity index (χ0) is 29.7. The van der Waals surface area contributed by atoms with E-state index in [1.165, 1.54) is 0 Å². The van der Waals surface area contributed by atoms with Crippen molar-refractivity contribution in [3.05, 3.63) is 179 Å². The minimum atomic E-state index is -0.909. The van der Waals surface area contributed by atoms with Gasteiger partial charge in [-0.25, -0.2) is 0 Å². The van der Waals surface area contributed by atoms with Crippen LogP contribution in [0.15, 0.2) is 152 Å². The number of ether oxygens (including phenoxy) is 2. The third kappa shape index (κ3) is 7.64. The number of hydrogen-bond acceptors (Lipinski definition) is 5. The smallest absolute Gasteiger partial charge is 0.323 e. The fourth-order valence-electron chi connectivity index (χ4n) is 5.23. The van der Waals surface area contributed by atoms with Crippen LogP contribution in [0.25, 0.3) is 0 Å². The monoisotopic (exact) mass is 569 g/mol. The van der Waals surface area contributed by atoms with Gasteiger partial charge in [0, 0.05) is 6.42 Å². The van der Waals surface area contributed by atoms with E-state index < -0.39 is 17.6 Å². The molecule has 0 saturated carbocycles.